The van der Waals surface area contributed by atoms with Crippen LogP contribution >= 0.6 is 0 Å². The highest BCUT2D eigenvalue weighted by Crippen LogP contribution is 2.34. The molecule has 2 aromatic heterocycles. The summed E-state index contributed by atoms with van der Waals surface area (Å²) in [6.07, 6.45) is 9.58. The van der Waals surface area contributed by atoms with Crippen LogP contribution in [0.1, 0.15) is 61.4 Å². The van der Waals surface area contributed by atoms with Crippen molar-refractivity contribution in [2.24, 2.45) is 5.92 Å². The largest absolute Gasteiger partial charge is 0.381 e. The molecule has 2 fully saturated rings. The Balaban J connectivity index is 1.45. The summed E-state index contributed by atoms with van der Waals surface area (Å²) in [6.45, 7) is 2.86. The predicted molar refractivity (Wildman–Crippen MR) is 96.9 cm³/mol. The van der Waals surface area contributed by atoms with Crippen molar-refractivity contribution in [3.05, 3.63) is 29.9 Å². The van der Waals surface area contributed by atoms with Crippen molar-refractivity contribution in [2.45, 2.75) is 57.0 Å². The Labute approximate surface area is 158 Å². The molecular weight excluding hydrogens is 344 g/mol. The van der Waals surface area contributed by atoms with E-state index in [0.717, 1.165) is 69.2 Å². The Morgan fingerprint density at radius 3 is 2.78 bits per heavy atom. The maximum absolute atomic E-state index is 12.9. The van der Waals surface area contributed by atoms with E-state index in [2.05, 4.69) is 24.7 Å². The first-order valence-electron chi connectivity index (χ1n) is 10.1. The lowest BCUT2D eigenvalue weighted by molar-refractivity contribution is -0.140. The van der Waals surface area contributed by atoms with Crippen LogP contribution in [-0.2, 0) is 22.5 Å². The molecule has 144 valence electrons. The molecule has 0 spiro atoms. The first kappa shape index (κ1) is 16.9. The van der Waals surface area contributed by atoms with Gasteiger partial charge in [0.15, 0.2) is 5.82 Å². The van der Waals surface area contributed by atoms with Gasteiger partial charge in [-0.3, -0.25) is 4.79 Å². The fraction of sp³-hybridized carbons (Fsp3) is 0.684. The van der Waals surface area contributed by atoms with Crippen molar-refractivity contribution < 1.29 is 9.53 Å². The van der Waals surface area contributed by atoms with Gasteiger partial charge < -0.3 is 19.2 Å². The third-order valence-electron chi connectivity index (χ3n) is 6.28. The predicted octanol–water partition coefficient (Wildman–Crippen LogP) is 1.82. The zero-order valence-electron chi connectivity index (χ0n) is 15.5. The number of H-pyrrole nitrogens is 1. The van der Waals surface area contributed by atoms with E-state index < -0.39 is 0 Å². The number of aromatic amines is 1. The van der Waals surface area contributed by atoms with Gasteiger partial charge in [0.1, 0.15) is 5.82 Å². The molecule has 0 radical (unpaired) electrons. The molecule has 1 aliphatic carbocycles. The minimum absolute atomic E-state index is 0.145. The standard InChI is InChI=1S/C19H26N6O2/c26-19(14-2-1-3-14)24-10-16(8-15-9-20-12-21-15)25-17(11-24)22-23-18(25)13-4-6-27-7-5-13/h9,12-14,16H,1-8,10-11H2,(H,20,21). The Bertz CT molecular complexity index is 791. The summed E-state index contributed by atoms with van der Waals surface area (Å²) in [7, 11) is 0. The summed E-state index contributed by atoms with van der Waals surface area (Å²) in [6, 6.07) is 0.145. The van der Waals surface area contributed by atoms with Crippen molar-refractivity contribution in [3.8, 4) is 0 Å². The smallest absolute Gasteiger partial charge is 0.226 e. The molecule has 5 rings (SSSR count). The van der Waals surface area contributed by atoms with Gasteiger partial charge in [0.2, 0.25) is 5.91 Å². The van der Waals surface area contributed by atoms with Gasteiger partial charge in [0.25, 0.3) is 0 Å². The van der Waals surface area contributed by atoms with E-state index >= 15 is 0 Å². The van der Waals surface area contributed by atoms with E-state index in [0.29, 0.717) is 12.5 Å². The van der Waals surface area contributed by atoms with Crippen LogP contribution in [0.2, 0.25) is 0 Å². The first-order valence-corrected chi connectivity index (χ1v) is 10.1. The van der Waals surface area contributed by atoms with E-state index in [1.165, 1.54) is 6.42 Å². The number of rotatable bonds is 4. The minimum atomic E-state index is 0.145. The summed E-state index contributed by atoms with van der Waals surface area (Å²) in [4.78, 5) is 22.2. The quantitative estimate of drug-likeness (QED) is 0.887. The van der Waals surface area contributed by atoms with Gasteiger partial charge in [-0.05, 0) is 25.7 Å². The normalized spacial score (nSPS) is 23.9. The Morgan fingerprint density at radius 1 is 1.22 bits per heavy atom. The third-order valence-corrected chi connectivity index (χ3v) is 6.28. The summed E-state index contributed by atoms with van der Waals surface area (Å²) in [5.41, 5.74) is 1.08. The summed E-state index contributed by atoms with van der Waals surface area (Å²) in [5, 5.41) is 9.07. The molecule has 1 saturated heterocycles. The molecule has 1 atom stereocenters. The zero-order chi connectivity index (χ0) is 18.2. The van der Waals surface area contributed by atoms with Crippen molar-refractivity contribution in [3.63, 3.8) is 0 Å². The Hall–Kier alpha value is -2.22. The number of aromatic nitrogens is 5. The molecule has 1 N–H and O–H groups in total. The van der Waals surface area contributed by atoms with Crippen LogP contribution in [0.25, 0.3) is 0 Å². The number of imidazole rings is 1. The number of nitrogens with zero attached hydrogens (tertiary/aromatic N) is 5. The highest BCUT2D eigenvalue weighted by atomic mass is 16.5. The monoisotopic (exact) mass is 370 g/mol. The lowest BCUT2D eigenvalue weighted by Gasteiger charge is -2.38. The average Bonchev–Trinajstić information content (AvgIpc) is 3.30. The fourth-order valence-corrected chi connectivity index (χ4v) is 4.54. The van der Waals surface area contributed by atoms with E-state index in [1.807, 2.05) is 11.1 Å². The summed E-state index contributed by atoms with van der Waals surface area (Å²) < 4.78 is 7.83. The molecule has 2 aromatic rings. The van der Waals surface area contributed by atoms with Crippen LogP contribution in [0.4, 0.5) is 0 Å². The lowest BCUT2D eigenvalue weighted by atomic mass is 9.84. The molecule has 27 heavy (non-hydrogen) atoms. The van der Waals surface area contributed by atoms with Gasteiger partial charge in [-0.1, -0.05) is 6.42 Å². The number of carbonyl (C=O) groups excluding carboxylic acids is 1. The van der Waals surface area contributed by atoms with Gasteiger partial charge in [-0.25, -0.2) is 4.98 Å². The average molecular weight is 370 g/mol. The SMILES string of the molecule is O=C(C1CCC1)N1Cc2nnc(C3CCOCC3)n2C(Cc2cnc[nH]2)C1. The number of nitrogens with one attached hydrogen (secondary N) is 1. The minimum Gasteiger partial charge on any atom is -0.381 e. The molecule has 8 heteroatoms. The van der Waals surface area contributed by atoms with Crippen LogP contribution in [0.5, 0.6) is 0 Å². The van der Waals surface area contributed by atoms with Crippen LogP contribution in [0, 0.1) is 5.92 Å². The number of hydrogen-bond acceptors (Lipinski definition) is 5. The maximum Gasteiger partial charge on any atom is 0.226 e. The number of fused-ring (bicyclic) bond motifs is 1. The summed E-state index contributed by atoms with van der Waals surface area (Å²) >= 11 is 0. The van der Waals surface area contributed by atoms with Crippen LogP contribution in [-0.4, -0.2) is 55.3 Å². The van der Waals surface area contributed by atoms with Crippen molar-refractivity contribution >= 4 is 5.91 Å². The highest BCUT2D eigenvalue weighted by molar-refractivity contribution is 5.79. The topological polar surface area (TPSA) is 88.9 Å². The molecule has 1 unspecified atom stereocenters. The van der Waals surface area contributed by atoms with Gasteiger partial charge in [-0.2, -0.15) is 0 Å². The Morgan fingerprint density at radius 2 is 2.07 bits per heavy atom. The molecular formula is C19H26N6O2. The number of hydrogen-bond donors (Lipinski definition) is 1. The molecule has 3 aliphatic rings. The van der Waals surface area contributed by atoms with Crippen LogP contribution in [0.15, 0.2) is 12.5 Å². The van der Waals surface area contributed by atoms with Gasteiger partial charge in [0.05, 0.1) is 18.9 Å². The van der Waals surface area contributed by atoms with E-state index in [-0.39, 0.29) is 17.9 Å². The van der Waals surface area contributed by atoms with E-state index in [4.69, 9.17) is 4.74 Å². The Kier molecular flexibility index (Phi) is 4.43. The molecule has 8 nitrogen and oxygen atoms in total. The van der Waals surface area contributed by atoms with Crippen molar-refractivity contribution in [1.29, 1.82) is 0 Å². The zero-order valence-corrected chi connectivity index (χ0v) is 15.5. The van der Waals surface area contributed by atoms with Gasteiger partial charge >= 0.3 is 0 Å². The second-order valence-electron chi connectivity index (χ2n) is 8.01. The van der Waals surface area contributed by atoms with Crippen molar-refractivity contribution in [1.82, 2.24) is 29.6 Å². The number of carbonyl (C=O) groups is 1. The fourth-order valence-electron chi connectivity index (χ4n) is 4.54. The molecule has 0 aromatic carbocycles. The molecule has 1 saturated carbocycles. The van der Waals surface area contributed by atoms with E-state index in [1.54, 1.807) is 6.33 Å². The molecule has 0 bridgehead atoms. The molecule has 1 amide bonds. The van der Waals surface area contributed by atoms with Gasteiger partial charge in [0, 0.05) is 49.9 Å². The molecule has 2 aliphatic heterocycles. The third kappa shape index (κ3) is 3.16. The second kappa shape index (κ2) is 7.07. The van der Waals surface area contributed by atoms with Crippen molar-refractivity contribution in [2.75, 3.05) is 19.8 Å². The summed E-state index contributed by atoms with van der Waals surface area (Å²) in [5.74, 6) is 2.87. The lowest BCUT2D eigenvalue weighted by Crippen LogP contribution is -2.46. The molecule has 4 heterocycles. The van der Waals surface area contributed by atoms with Gasteiger partial charge in [-0.15, -0.1) is 10.2 Å². The first-order chi connectivity index (χ1) is 13.3. The second-order valence-corrected chi connectivity index (χ2v) is 8.01. The maximum atomic E-state index is 12.9. The number of amides is 1. The highest BCUT2D eigenvalue weighted by Gasteiger charge is 2.37. The van der Waals surface area contributed by atoms with E-state index in [9.17, 15) is 4.79 Å². The van der Waals surface area contributed by atoms with Crippen LogP contribution in [0.3, 0.4) is 0 Å². The van der Waals surface area contributed by atoms with Crippen LogP contribution < -0.4 is 0 Å². The number of ether oxygens (including phenoxy) is 1.